The number of hydrogen-bond donors (Lipinski definition) is 0. The molecular weight excluding hydrogens is 115 g/mol. The van der Waals surface area contributed by atoms with Gasteiger partial charge in [-0.3, -0.25) is 0 Å². The van der Waals surface area contributed by atoms with Crippen LogP contribution in [0.1, 0.15) is 0 Å². The van der Waals surface area contributed by atoms with E-state index >= 15 is 0 Å². The lowest BCUT2D eigenvalue weighted by Crippen LogP contribution is -1.30. The van der Waals surface area contributed by atoms with Gasteiger partial charge in [0.25, 0.3) is 0 Å². The van der Waals surface area contributed by atoms with Crippen molar-refractivity contribution in [1.82, 2.24) is 0 Å². The molecule has 1 aliphatic heterocycles. The van der Waals surface area contributed by atoms with Crippen LogP contribution in [0.25, 0.3) is 0 Å². The fraction of sp³-hybridized carbons (Fsp3) is 0.500. The number of hydrogen-bond acceptors (Lipinski definition) is 3. The molecule has 1 atom stereocenters. The van der Waals surface area contributed by atoms with E-state index in [1.54, 1.807) is 18.4 Å². The maximum absolute atomic E-state index is 3.78. The summed E-state index contributed by atoms with van der Waals surface area (Å²) in [5.41, 5.74) is 0. The van der Waals surface area contributed by atoms with Crippen molar-refractivity contribution >= 4 is 18.1 Å². The second-order valence-electron chi connectivity index (χ2n) is 0.745. The third kappa shape index (κ3) is 1.02. The van der Waals surface area contributed by atoms with Gasteiger partial charge < -0.3 is 0 Å². The van der Waals surface area contributed by atoms with E-state index in [-0.39, 0.29) is 6.73 Å². The molecule has 0 bridgehead atoms. The van der Waals surface area contributed by atoms with Crippen molar-refractivity contribution in [2.75, 3.05) is 7.05 Å². The summed E-state index contributed by atoms with van der Waals surface area (Å²) in [6.45, 7) is -0.226. The van der Waals surface area contributed by atoms with Gasteiger partial charge in [-0.25, -0.2) is 0 Å². The molecule has 0 N–H and O–H groups in total. The highest BCUT2D eigenvalue weighted by atomic mass is 32.7. The molecule has 0 fully saturated rings. The lowest BCUT2D eigenvalue weighted by Gasteiger charge is -1.62. The minimum atomic E-state index is -0.226. The van der Waals surface area contributed by atoms with Crippen LogP contribution < -0.4 is 0 Å². The van der Waals surface area contributed by atoms with Crippen molar-refractivity contribution in [2.45, 2.75) is 0 Å². The average molecular weight is 118 g/mol. The van der Waals surface area contributed by atoms with E-state index in [1.807, 2.05) is 0 Å². The molecule has 0 saturated carbocycles. The normalized spacial score (nSPS) is 23.2. The largest absolute Gasteiger partial charge is 0.188 e. The van der Waals surface area contributed by atoms with E-state index in [2.05, 4.69) is 15.0 Å². The van der Waals surface area contributed by atoms with Crippen LogP contribution in [0.15, 0.2) is 10.00 Å². The quantitative estimate of drug-likeness (QED) is 0.353. The van der Waals surface area contributed by atoms with Crippen molar-refractivity contribution in [3.63, 3.8) is 0 Å². The fourth-order valence-electron chi connectivity index (χ4n) is 0.136. The zero-order chi connectivity index (χ0) is 4.41. The van der Waals surface area contributed by atoms with Gasteiger partial charge in [0.05, 0.1) is 0 Å². The van der Waals surface area contributed by atoms with Gasteiger partial charge in [-0.05, 0) is 4.96 Å². The van der Waals surface area contributed by atoms with E-state index < -0.39 is 0 Å². The second kappa shape index (κ2) is 1.65. The molecule has 0 aromatic carbocycles. The Labute approximate surface area is 40.9 Å². The molecule has 6 heavy (non-hydrogen) atoms. The second-order valence-corrected chi connectivity index (χ2v) is 3.97. The molecule has 0 aromatic heterocycles. The smallest absolute Gasteiger partial charge is 0.120 e. The first-order valence-corrected chi connectivity index (χ1v) is 4.17. The molecule has 0 amide bonds. The summed E-state index contributed by atoms with van der Waals surface area (Å²) in [6.07, 6.45) is 0. The highest BCUT2D eigenvalue weighted by Gasteiger charge is 1.98. The first-order chi connectivity index (χ1) is 2.93. The summed E-state index contributed by atoms with van der Waals surface area (Å²) in [6, 6.07) is 0. The van der Waals surface area contributed by atoms with Crippen LogP contribution in [-0.2, 0) is 0 Å². The molecule has 2 nitrogen and oxygen atoms in total. The van der Waals surface area contributed by atoms with Crippen LogP contribution in [-0.4, -0.2) is 7.05 Å². The van der Waals surface area contributed by atoms with Crippen LogP contribution in [0.5, 0.6) is 0 Å². The van der Waals surface area contributed by atoms with Gasteiger partial charge in [0.15, 0.2) is 0 Å². The molecule has 1 rings (SSSR count). The molecule has 1 unspecified atom stereocenters. The lowest BCUT2D eigenvalue weighted by molar-refractivity contribution is 1.26. The Kier molecular flexibility index (Phi) is 1.16. The summed E-state index contributed by atoms with van der Waals surface area (Å²) in [5.74, 6) is 0. The third-order valence-electron chi connectivity index (χ3n) is 0.344. The first-order valence-electron chi connectivity index (χ1n) is 1.46. The van der Waals surface area contributed by atoms with Gasteiger partial charge in [0, 0.05) is 18.4 Å². The molecule has 0 aromatic rings. The zero-order valence-corrected chi connectivity index (χ0v) is 4.96. The Hall–Kier alpha value is 0.0300. The van der Waals surface area contributed by atoms with Gasteiger partial charge in [-0.2, -0.15) is 5.11 Å². The monoisotopic (exact) mass is 118 g/mol. The summed E-state index contributed by atoms with van der Waals surface area (Å²) in [7, 11) is 1.68. The molecule has 0 radical (unpaired) electrons. The maximum Gasteiger partial charge on any atom is 0.120 e. The van der Waals surface area contributed by atoms with Gasteiger partial charge in [-0.15, -0.1) is 4.88 Å². The Morgan fingerprint density at radius 3 is 2.67 bits per heavy atom. The Balaban J connectivity index is 2.41. The van der Waals surface area contributed by atoms with E-state index in [9.17, 15) is 0 Å². The summed E-state index contributed by atoms with van der Waals surface area (Å²) < 4.78 is 0. The molecule has 0 saturated heterocycles. The predicted molar refractivity (Wildman–Crippen MR) is 29.2 cm³/mol. The zero-order valence-electron chi connectivity index (χ0n) is 3.25. The summed E-state index contributed by atoms with van der Waals surface area (Å²) >= 11 is 1.65. The van der Waals surface area contributed by atoms with Crippen LogP contribution in [0.3, 0.4) is 0 Å². The van der Waals surface area contributed by atoms with Crippen molar-refractivity contribution in [2.24, 2.45) is 10.00 Å². The molecule has 32 valence electrons. The molecule has 0 aliphatic carbocycles. The topological polar surface area (TPSA) is 24.7 Å². The van der Waals surface area contributed by atoms with E-state index in [0.29, 0.717) is 0 Å². The molecule has 1 aliphatic rings. The van der Waals surface area contributed by atoms with E-state index in [0.717, 1.165) is 0 Å². The van der Waals surface area contributed by atoms with E-state index in [4.69, 9.17) is 0 Å². The highest BCUT2D eigenvalue weighted by molar-refractivity contribution is 8.64. The standard InChI is InChI=1S/C2H3N2PS/c1-3-4-5-2-6-5/h1H3/b4-3+. The van der Waals surface area contributed by atoms with Gasteiger partial charge >= 0.3 is 0 Å². The van der Waals surface area contributed by atoms with Crippen LogP contribution in [0.4, 0.5) is 0 Å². The maximum atomic E-state index is 3.78. The Bertz CT molecular complexity index is 150. The van der Waals surface area contributed by atoms with Crippen molar-refractivity contribution in [1.29, 1.82) is 0 Å². The van der Waals surface area contributed by atoms with Gasteiger partial charge in [0.2, 0.25) is 0 Å². The minimum absolute atomic E-state index is 0.226. The first kappa shape index (κ1) is 4.20. The number of rotatable bonds is 0. The molecule has 0 spiro atoms. The predicted octanol–water partition coefficient (Wildman–Crippen LogP) is 2.04. The Morgan fingerprint density at radius 1 is 1.83 bits per heavy atom. The summed E-state index contributed by atoms with van der Waals surface area (Å²) in [4.78, 5) is 6.73. The van der Waals surface area contributed by atoms with E-state index in [1.165, 1.54) is 0 Å². The van der Waals surface area contributed by atoms with Crippen molar-refractivity contribution in [3.8, 4) is 4.96 Å². The van der Waals surface area contributed by atoms with Crippen LogP contribution >= 0.6 is 18.1 Å². The van der Waals surface area contributed by atoms with Crippen LogP contribution in [0.2, 0.25) is 0 Å². The van der Waals surface area contributed by atoms with Crippen LogP contribution in [0, 0.1) is 4.96 Å². The number of nitrogens with zero attached hydrogens (tertiary/aromatic N) is 2. The molecular formula is C2H3N2PS. The fourth-order valence-corrected chi connectivity index (χ4v) is 1.28. The van der Waals surface area contributed by atoms with Crippen molar-refractivity contribution in [3.05, 3.63) is 0 Å². The third-order valence-corrected chi connectivity index (χ3v) is 2.29. The van der Waals surface area contributed by atoms with Crippen molar-refractivity contribution < 1.29 is 0 Å². The lowest BCUT2D eigenvalue weighted by atomic mass is 11.6. The highest BCUT2D eigenvalue weighted by Crippen LogP contribution is 2.51. The minimum Gasteiger partial charge on any atom is -0.188 e. The average Bonchev–Trinajstić information content (AvgIpc) is 2.21. The molecule has 1 heterocycles. The van der Waals surface area contributed by atoms with Gasteiger partial charge in [0.1, 0.15) is 6.73 Å². The summed E-state index contributed by atoms with van der Waals surface area (Å²) in [5, 5.41) is 3.57. The SMILES string of the molecule is C/N=N/P1#CS1. The Morgan fingerprint density at radius 2 is 2.50 bits per heavy atom. The van der Waals surface area contributed by atoms with Gasteiger partial charge in [-0.1, -0.05) is 0 Å². The molecule has 4 heteroatoms.